The van der Waals surface area contributed by atoms with Gasteiger partial charge in [-0.3, -0.25) is 4.79 Å². The lowest BCUT2D eigenvalue weighted by molar-refractivity contribution is 0.0915. The van der Waals surface area contributed by atoms with E-state index in [-0.39, 0.29) is 11.9 Å². The minimum Gasteiger partial charge on any atom is -0.346 e. The number of hydrogen-bond acceptors (Lipinski definition) is 3. The van der Waals surface area contributed by atoms with Crippen LogP contribution in [0.1, 0.15) is 29.9 Å². The van der Waals surface area contributed by atoms with Crippen molar-refractivity contribution in [1.82, 2.24) is 14.9 Å². The molecule has 1 fully saturated rings. The number of hydrogen-bond donors (Lipinski definition) is 2. The summed E-state index contributed by atoms with van der Waals surface area (Å²) in [7, 11) is 1.82. The Bertz CT molecular complexity index is 374. The SMILES string of the molecule is Cn1ccnc1C(=O)NC1CCCC1CN. The van der Waals surface area contributed by atoms with Gasteiger partial charge in [0.2, 0.25) is 0 Å². The van der Waals surface area contributed by atoms with Crippen LogP contribution in [-0.4, -0.2) is 28.0 Å². The number of amides is 1. The minimum absolute atomic E-state index is 0.0992. The molecule has 2 unspecified atom stereocenters. The highest BCUT2D eigenvalue weighted by Crippen LogP contribution is 2.24. The number of aromatic nitrogens is 2. The smallest absolute Gasteiger partial charge is 0.287 e. The fourth-order valence-electron chi connectivity index (χ4n) is 2.33. The van der Waals surface area contributed by atoms with E-state index >= 15 is 0 Å². The first-order valence-electron chi connectivity index (χ1n) is 5.70. The molecule has 1 aromatic rings. The van der Waals surface area contributed by atoms with Gasteiger partial charge in [-0.25, -0.2) is 4.98 Å². The lowest BCUT2D eigenvalue weighted by Gasteiger charge is -2.19. The molecule has 0 aliphatic heterocycles. The summed E-state index contributed by atoms with van der Waals surface area (Å²) in [5.41, 5.74) is 5.68. The molecule has 1 saturated carbocycles. The summed E-state index contributed by atoms with van der Waals surface area (Å²) in [4.78, 5) is 15.9. The zero-order chi connectivity index (χ0) is 11.5. The second kappa shape index (κ2) is 4.65. The van der Waals surface area contributed by atoms with E-state index in [1.54, 1.807) is 17.0 Å². The van der Waals surface area contributed by atoms with Gasteiger partial charge in [0.1, 0.15) is 0 Å². The Morgan fingerprint density at radius 2 is 2.50 bits per heavy atom. The van der Waals surface area contributed by atoms with Crippen molar-refractivity contribution in [2.24, 2.45) is 18.7 Å². The maximum absolute atomic E-state index is 11.9. The average Bonchev–Trinajstić information content (AvgIpc) is 2.86. The lowest BCUT2D eigenvalue weighted by Crippen LogP contribution is -2.40. The van der Waals surface area contributed by atoms with Gasteiger partial charge >= 0.3 is 0 Å². The maximum Gasteiger partial charge on any atom is 0.287 e. The molecule has 1 heterocycles. The highest BCUT2D eigenvalue weighted by Gasteiger charge is 2.28. The number of nitrogens with two attached hydrogens (primary N) is 1. The van der Waals surface area contributed by atoms with Crippen LogP contribution in [0.15, 0.2) is 12.4 Å². The fraction of sp³-hybridized carbons (Fsp3) is 0.636. The first kappa shape index (κ1) is 11.1. The highest BCUT2D eigenvalue weighted by atomic mass is 16.2. The van der Waals surface area contributed by atoms with Gasteiger partial charge in [0.25, 0.3) is 5.91 Å². The number of aryl methyl sites for hydroxylation is 1. The van der Waals surface area contributed by atoms with E-state index in [4.69, 9.17) is 5.73 Å². The van der Waals surface area contributed by atoms with Crippen LogP contribution in [0.3, 0.4) is 0 Å². The third-order valence-electron chi connectivity index (χ3n) is 3.30. The van der Waals surface area contributed by atoms with Gasteiger partial charge in [-0.15, -0.1) is 0 Å². The summed E-state index contributed by atoms with van der Waals surface area (Å²) in [5, 5.41) is 3.02. The molecule has 1 aliphatic carbocycles. The van der Waals surface area contributed by atoms with Crippen molar-refractivity contribution in [3.8, 4) is 0 Å². The second-order valence-corrected chi connectivity index (χ2v) is 4.37. The summed E-state index contributed by atoms with van der Waals surface area (Å²) in [6.45, 7) is 0.644. The number of nitrogens with one attached hydrogen (secondary N) is 1. The van der Waals surface area contributed by atoms with Gasteiger partial charge in [0.05, 0.1) is 0 Å². The zero-order valence-electron chi connectivity index (χ0n) is 9.52. The number of imidazole rings is 1. The molecule has 1 aromatic heterocycles. The second-order valence-electron chi connectivity index (χ2n) is 4.37. The van der Waals surface area contributed by atoms with E-state index in [9.17, 15) is 4.79 Å². The van der Waals surface area contributed by atoms with E-state index in [2.05, 4.69) is 10.3 Å². The average molecular weight is 222 g/mol. The molecule has 3 N–H and O–H groups in total. The third kappa shape index (κ3) is 2.09. The number of rotatable bonds is 3. The fourth-order valence-corrected chi connectivity index (χ4v) is 2.33. The minimum atomic E-state index is -0.0992. The monoisotopic (exact) mass is 222 g/mol. The maximum atomic E-state index is 11.9. The molecule has 1 amide bonds. The molecule has 5 heteroatoms. The van der Waals surface area contributed by atoms with Gasteiger partial charge in [0, 0.05) is 25.5 Å². The van der Waals surface area contributed by atoms with Crippen molar-refractivity contribution in [3.05, 3.63) is 18.2 Å². The standard InChI is InChI=1S/C11H18N4O/c1-15-6-5-13-10(15)11(16)14-9-4-2-3-8(9)7-12/h5-6,8-9H,2-4,7,12H2,1H3,(H,14,16). The summed E-state index contributed by atoms with van der Waals surface area (Å²) in [6, 6.07) is 0.217. The molecular formula is C11H18N4O. The predicted octanol–water partition coefficient (Wildman–Crippen LogP) is 0.277. The molecule has 0 aromatic carbocycles. The molecule has 2 rings (SSSR count). The molecule has 0 saturated heterocycles. The Hall–Kier alpha value is -1.36. The molecular weight excluding hydrogens is 204 g/mol. The summed E-state index contributed by atoms with van der Waals surface area (Å²) < 4.78 is 1.72. The van der Waals surface area contributed by atoms with Crippen molar-refractivity contribution >= 4 is 5.91 Å². The normalized spacial score (nSPS) is 24.6. The molecule has 5 nitrogen and oxygen atoms in total. The summed E-state index contributed by atoms with van der Waals surface area (Å²) in [6.07, 6.45) is 6.68. The highest BCUT2D eigenvalue weighted by molar-refractivity contribution is 5.90. The Morgan fingerprint density at radius 1 is 1.69 bits per heavy atom. The third-order valence-corrected chi connectivity index (χ3v) is 3.30. The van der Waals surface area contributed by atoms with Crippen molar-refractivity contribution in [2.75, 3.05) is 6.54 Å². The molecule has 16 heavy (non-hydrogen) atoms. The van der Waals surface area contributed by atoms with Crippen molar-refractivity contribution in [2.45, 2.75) is 25.3 Å². The van der Waals surface area contributed by atoms with Gasteiger partial charge in [0.15, 0.2) is 5.82 Å². The van der Waals surface area contributed by atoms with Crippen molar-refractivity contribution in [3.63, 3.8) is 0 Å². The molecule has 0 bridgehead atoms. The van der Waals surface area contributed by atoms with Gasteiger partial charge in [-0.05, 0) is 25.3 Å². The lowest BCUT2D eigenvalue weighted by atomic mass is 10.0. The largest absolute Gasteiger partial charge is 0.346 e. The Labute approximate surface area is 95.0 Å². The quantitative estimate of drug-likeness (QED) is 0.771. The van der Waals surface area contributed by atoms with Gasteiger partial charge in [-0.1, -0.05) is 6.42 Å². The zero-order valence-corrected chi connectivity index (χ0v) is 9.52. The van der Waals surface area contributed by atoms with Crippen molar-refractivity contribution < 1.29 is 4.79 Å². The molecule has 2 atom stereocenters. The summed E-state index contributed by atoms with van der Waals surface area (Å²) >= 11 is 0. The van der Waals surface area contributed by atoms with Gasteiger partial charge < -0.3 is 15.6 Å². The first-order chi connectivity index (χ1) is 7.72. The van der Waals surface area contributed by atoms with Gasteiger partial charge in [-0.2, -0.15) is 0 Å². The topological polar surface area (TPSA) is 72.9 Å². The van der Waals surface area contributed by atoms with Crippen LogP contribution >= 0.6 is 0 Å². The van der Waals surface area contributed by atoms with Crippen LogP contribution in [0.2, 0.25) is 0 Å². The Kier molecular flexibility index (Phi) is 3.24. The van der Waals surface area contributed by atoms with E-state index in [0.29, 0.717) is 18.3 Å². The van der Waals surface area contributed by atoms with Crippen LogP contribution < -0.4 is 11.1 Å². The van der Waals surface area contributed by atoms with Crippen LogP contribution in [-0.2, 0) is 7.05 Å². The Balaban J connectivity index is 2.00. The molecule has 88 valence electrons. The summed E-state index contributed by atoms with van der Waals surface area (Å²) in [5.74, 6) is 0.782. The van der Waals surface area contributed by atoms with Crippen LogP contribution in [0.5, 0.6) is 0 Å². The van der Waals surface area contributed by atoms with E-state index in [1.807, 2.05) is 7.05 Å². The van der Waals surface area contributed by atoms with Crippen molar-refractivity contribution in [1.29, 1.82) is 0 Å². The predicted molar refractivity (Wildman–Crippen MR) is 60.9 cm³/mol. The molecule has 0 radical (unpaired) electrons. The first-order valence-corrected chi connectivity index (χ1v) is 5.70. The number of carbonyl (C=O) groups excluding carboxylic acids is 1. The molecule has 0 spiro atoms. The number of carbonyl (C=O) groups is 1. The number of nitrogens with zero attached hydrogens (tertiary/aromatic N) is 2. The van der Waals surface area contributed by atoms with E-state index < -0.39 is 0 Å². The van der Waals surface area contributed by atoms with Crippen LogP contribution in [0, 0.1) is 5.92 Å². The van der Waals surface area contributed by atoms with Crippen LogP contribution in [0.25, 0.3) is 0 Å². The van der Waals surface area contributed by atoms with E-state index in [1.165, 1.54) is 0 Å². The molecule has 1 aliphatic rings. The van der Waals surface area contributed by atoms with E-state index in [0.717, 1.165) is 19.3 Å². The van der Waals surface area contributed by atoms with Crippen LogP contribution in [0.4, 0.5) is 0 Å². The Morgan fingerprint density at radius 3 is 3.12 bits per heavy atom.